The predicted octanol–water partition coefficient (Wildman–Crippen LogP) is -0.299. The normalized spacial score (nSPS) is 18.0. The number of fused-ring (bicyclic) bond motifs is 1. The molecule has 1 saturated heterocycles. The van der Waals surface area contributed by atoms with Crippen molar-refractivity contribution < 1.29 is 19.5 Å². The number of quaternary nitrogens is 1. The number of aromatic nitrogens is 1. The first-order valence-electron chi connectivity index (χ1n) is 8.65. The summed E-state index contributed by atoms with van der Waals surface area (Å²) in [5, 5.41) is 0. The summed E-state index contributed by atoms with van der Waals surface area (Å²) in [7, 11) is 0. The maximum atomic E-state index is 12.4. The van der Waals surface area contributed by atoms with Gasteiger partial charge in [0, 0.05) is 6.07 Å². The van der Waals surface area contributed by atoms with E-state index in [2.05, 4.69) is 16.0 Å². The minimum absolute atomic E-state index is 0.379. The van der Waals surface area contributed by atoms with Crippen LogP contribution in [0, 0.1) is 6.92 Å². The monoisotopic (exact) mass is 338 g/mol. The zero-order chi connectivity index (χ0) is 17.4. The molecule has 25 heavy (non-hydrogen) atoms. The van der Waals surface area contributed by atoms with Crippen molar-refractivity contribution in [1.82, 2.24) is 0 Å². The standard InChI is InChI=1S/C19H20N4O2/c1-14-5-6-16-15(12-14)18(24)19(25)23(16)13-21-8-10-22(11-9-21)17-4-2-3-7-20-17/h2-7,12H,8-11,13H2,1H3/p+2. The SMILES string of the molecule is Cc1ccc2c(c1)C(=O)C(=O)N2C[NH+]1CCN(c2cccc[nH+]2)CC1. The second kappa shape index (κ2) is 6.29. The fourth-order valence-electron chi connectivity index (χ4n) is 3.60. The van der Waals surface area contributed by atoms with Crippen LogP contribution in [0.4, 0.5) is 11.5 Å². The molecule has 2 aliphatic rings. The molecule has 2 N–H and O–H groups in total. The number of Topliss-reactive ketones (excluding diaryl/α,β-unsaturated/α-hetero) is 1. The van der Waals surface area contributed by atoms with Gasteiger partial charge in [-0.25, -0.2) is 4.98 Å². The maximum absolute atomic E-state index is 12.4. The summed E-state index contributed by atoms with van der Waals surface area (Å²) in [6, 6.07) is 11.7. The number of amides is 1. The Morgan fingerprint density at radius 1 is 1.12 bits per heavy atom. The molecule has 1 amide bonds. The van der Waals surface area contributed by atoms with Crippen LogP contribution < -0.4 is 19.7 Å². The van der Waals surface area contributed by atoms with Crippen LogP contribution >= 0.6 is 0 Å². The average molecular weight is 338 g/mol. The van der Waals surface area contributed by atoms with Crippen LogP contribution in [-0.2, 0) is 4.79 Å². The van der Waals surface area contributed by atoms with Crippen molar-refractivity contribution in [1.29, 1.82) is 0 Å². The molecule has 3 heterocycles. The Labute approximate surface area is 146 Å². The van der Waals surface area contributed by atoms with Gasteiger partial charge in [0.2, 0.25) is 0 Å². The van der Waals surface area contributed by atoms with E-state index in [0.29, 0.717) is 12.2 Å². The fraction of sp³-hybridized carbons (Fsp3) is 0.316. The lowest BCUT2D eigenvalue weighted by Crippen LogP contribution is -3.16. The number of aryl methyl sites for hydroxylation is 1. The molecular formula is C19H22N4O2+2. The molecule has 1 aromatic carbocycles. The molecule has 6 nitrogen and oxygen atoms in total. The maximum Gasteiger partial charge on any atom is 0.303 e. The molecule has 1 aromatic heterocycles. The average Bonchev–Trinajstić information content (AvgIpc) is 2.88. The number of benzene rings is 1. The van der Waals surface area contributed by atoms with Crippen LogP contribution in [0.15, 0.2) is 42.6 Å². The van der Waals surface area contributed by atoms with Gasteiger partial charge in [-0.05, 0) is 25.1 Å². The molecule has 128 valence electrons. The van der Waals surface area contributed by atoms with E-state index in [4.69, 9.17) is 0 Å². The van der Waals surface area contributed by atoms with Gasteiger partial charge in [-0.2, -0.15) is 0 Å². The molecule has 2 aliphatic heterocycles. The van der Waals surface area contributed by atoms with E-state index in [-0.39, 0.29) is 5.78 Å². The van der Waals surface area contributed by atoms with Gasteiger partial charge in [0.25, 0.3) is 11.6 Å². The van der Waals surface area contributed by atoms with E-state index in [1.807, 2.05) is 43.5 Å². The first kappa shape index (κ1) is 15.8. The van der Waals surface area contributed by atoms with Crippen LogP contribution in [0.5, 0.6) is 0 Å². The molecule has 0 saturated carbocycles. The number of carbonyl (C=O) groups is 2. The molecule has 0 bridgehead atoms. The minimum atomic E-state index is -0.396. The summed E-state index contributed by atoms with van der Waals surface area (Å²) in [6.45, 7) is 6.20. The van der Waals surface area contributed by atoms with Crippen molar-refractivity contribution in [3.8, 4) is 0 Å². The number of aromatic amines is 1. The number of nitrogens with zero attached hydrogens (tertiary/aromatic N) is 2. The third-order valence-corrected chi connectivity index (χ3v) is 5.01. The molecule has 6 heteroatoms. The highest BCUT2D eigenvalue weighted by atomic mass is 16.2. The van der Waals surface area contributed by atoms with Crippen molar-refractivity contribution >= 4 is 23.2 Å². The Morgan fingerprint density at radius 3 is 2.64 bits per heavy atom. The zero-order valence-electron chi connectivity index (χ0n) is 14.3. The summed E-state index contributed by atoms with van der Waals surface area (Å²) in [5.74, 6) is 0.345. The van der Waals surface area contributed by atoms with E-state index in [1.54, 1.807) is 4.90 Å². The second-order valence-corrected chi connectivity index (χ2v) is 6.73. The van der Waals surface area contributed by atoms with Crippen LogP contribution in [0.25, 0.3) is 0 Å². The van der Waals surface area contributed by atoms with Crippen LogP contribution in [0.2, 0.25) is 0 Å². The van der Waals surface area contributed by atoms with Gasteiger partial charge in [-0.1, -0.05) is 17.7 Å². The summed E-state index contributed by atoms with van der Waals surface area (Å²) in [6.07, 6.45) is 1.93. The summed E-state index contributed by atoms with van der Waals surface area (Å²) in [5.41, 5.74) is 2.30. The van der Waals surface area contributed by atoms with Crippen LogP contribution in [0.3, 0.4) is 0 Å². The molecule has 0 atom stereocenters. The summed E-state index contributed by atoms with van der Waals surface area (Å²) >= 11 is 0. The Balaban J connectivity index is 1.44. The van der Waals surface area contributed by atoms with Gasteiger partial charge in [0.05, 0.1) is 17.4 Å². The van der Waals surface area contributed by atoms with Crippen LogP contribution in [0.1, 0.15) is 15.9 Å². The lowest BCUT2D eigenvalue weighted by atomic mass is 10.1. The highest BCUT2D eigenvalue weighted by Gasteiger charge is 2.38. The van der Waals surface area contributed by atoms with Crippen molar-refractivity contribution in [2.45, 2.75) is 6.92 Å². The lowest BCUT2D eigenvalue weighted by molar-refractivity contribution is -0.899. The number of ketones is 1. The van der Waals surface area contributed by atoms with E-state index in [1.165, 1.54) is 4.90 Å². The Morgan fingerprint density at radius 2 is 1.92 bits per heavy atom. The van der Waals surface area contributed by atoms with Crippen molar-refractivity contribution in [3.05, 3.63) is 53.7 Å². The molecule has 0 spiro atoms. The van der Waals surface area contributed by atoms with Gasteiger partial charge >= 0.3 is 5.91 Å². The van der Waals surface area contributed by atoms with E-state index in [9.17, 15) is 9.59 Å². The highest BCUT2D eigenvalue weighted by Crippen LogP contribution is 2.28. The van der Waals surface area contributed by atoms with Crippen molar-refractivity contribution in [2.75, 3.05) is 42.6 Å². The summed E-state index contributed by atoms with van der Waals surface area (Å²) in [4.78, 5) is 33.2. The smallest absolute Gasteiger partial charge is 0.303 e. The molecule has 4 rings (SSSR count). The van der Waals surface area contributed by atoms with E-state index < -0.39 is 5.91 Å². The number of hydrogen-bond acceptors (Lipinski definition) is 3. The number of hydrogen-bond donors (Lipinski definition) is 1. The van der Waals surface area contributed by atoms with Gasteiger partial charge in [0.1, 0.15) is 26.2 Å². The van der Waals surface area contributed by atoms with Crippen LogP contribution in [-0.4, -0.2) is 44.5 Å². The molecular weight excluding hydrogens is 316 g/mol. The number of carbonyl (C=O) groups excluding carboxylic acids is 2. The quantitative estimate of drug-likeness (QED) is 0.782. The first-order chi connectivity index (χ1) is 12.1. The second-order valence-electron chi connectivity index (χ2n) is 6.73. The molecule has 0 aliphatic carbocycles. The number of piperazine rings is 1. The van der Waals surface area contributed by atoms with E-state index >= 15 is 0 Å². The largest absolute Gasteiger partial charge is 0.311 e. The Kier molecular flexibility index (Phi) is 3.97. The van der Waals surface area contributed by atoms with Gasteiger partial charge in [-0.3, -0.25) is 19.4 Å². The predicted molar refractivity (Wildman–Crippen MR) is 93.8 cm³/mol. The minimum Gasteiger partial charge on any atom is -0.311 e. The molecule has 0 unspecified atom stereocenters. The van der Waals surface area contributed by atoms with Gasteiger partial charge in [-0.15, -0.1) is 0 Å². The number of anilines is 2. The molecule has 1 fully saturated rings. The number of rotatable bonds is 3. The van der Waals surface area contributed by atoms with Crippen molar-refractivity contribution in [2.24, 2.45) is 0 Å². The van der Waals surface area contributed by atoms with E-state index in [0.717, 1.165) is 43.2 Å². The fourth-order valence-corrected chi connectivity index (χ4v) is 3.60. The number of nitrogens with one attached hydrogen (secondary N) is 2. The summed E-state index contributed by atoms with van der Waals surface area (Å²) < 4.78 is 0. The Bertz CT molecular complexity index is 813. The number of pyridine rings is 1. The molecule has 2 aromatic rings. The first-order valence-corrected chi connectivity index (χ1v) is 8.65. The third-order valence-electron chi connectivity index (χ3n) is 5.01. The van der Waals surface area contributed by atoms with Crippen molar-refractivity contribution in [3.63, 3.8) is 0 Å². The van der Waals surface area contributed by atoms with Gasteiger partial charge < -0.3 is 4.90 Å². The lowest BCUT2D eigenvalue weighted by Gasteiger charge is -2.30. The Hall–Kier alpha value is -2.73. The topological polar surface area (TPSA) is 59.2 Å². The number of H-pyrrole nitrogens is 1. The highest BCUT2D eigenvalue weighted by molar-refractivity contribution is 6.52. The third kappa shape index (κ3) is 2.89. The molecule has 0 radical (unpaired) electrons. The zero-order valence-corrected chi connectivity index (χ0v) is 14.3. The van der Waals surface area contributed by atoms with Gasteiger partial charge in [0.15, 0.2) is 6.67 Å².